The van der Waals surface area contributed by atoms with Gasteiger partial charge in [0.1, 0.15) is 0 Å². The third-order valence-corrected chi connectivity index (χ3v) is 5.89. The first-order chi connectivity index (χ1) is 12.0. The lowest BCUT2D eigenvalue weighted by Gasteiger charge is -2.10. The van der Waals surface area contributed by atoms with Crippen molar-refractivity contribution in [3.63, 3.8) is 0 Å². The largest absolute Gasteiger partial charge is 0.294 e. The summed E-state index contributed by atoms with van der Waals surface area (Å²) in [5.74, 6) is 0.0608. The summed E-state index contributed by atoms with van der Waals surface area (Å²) in [5.41, 5.74) is 3.23. The Morgan fingerprint density at radius 1 is 1.20 bits per heavy atom. The summed E-state index contributed by atoms with van der Waals surface area (Å²) in [4.78, 5) is 26.2. The molecule has 0 spiro atoms. The van der Waals surface area contributed by atoms with E-state index in [9.17, 15) is 9.59 Å². The number of halogens is 1. The molecule has 0 fully saturated rings. The van der Waals surface area contributed by atoms with E-state index in [0.717, 1.165) is 45.8 Å². The van der Waals surface area contributed by atoms with E-state index >= 15 is 0 Å². The molecule has 6 heteroatoms. The van der Waals surface area contributed by atoms with E-state index in [-0.39, 0.29) is 11.3 Å². The molecule has 1 aliphatic carbocycles. The Morgan fingerprint density at radius 2 is 1.96 bits per heavy atom. The second kappa shape index (κ2) is 6.24. The first-order valence-corrected chi connectivity index (χ1v) is 9.25. The molecule has 0 radical (unpaired) electrons. The van der Waals surface area contributed by atoms with Crippen molar-refractivity contribution in [2.24, 2.45) is 0 Å². The second-order valence-corrected chi connectivity index (χ2v) is 7.68. The van der Waals surface area contributed by atoms with Crippen LogP contribution in [0.5, 0.6) is 0 Å². The second-order valence-electron chi connectivity index (χ2n) is 6.10. The molecule has 25 heavy (non-hydrogen) atoms. The zero-order valence-corrected chi connectivity index (χ0v) is 15.2. The van der Waals surface area contributed by atoms with Gasteiger partial charge in [-0.2, -0.15) is 9.78 Å². The van der Waals surface area contributed by atoms with Crippen molar-refractivity contribution in [2.75, 3.05) is 0 Å². The Morgan fingerprint density at radius 3 is 2.68 bits per heavy atom. The number of fused-ring (bicyclic) bond motifs is 3. The van der Waals surface area contributed by atoms with Gasteiger partial charge < -0.3 is 0 Å². The fourth-order valence-electron chi connectivity index (χ4n) is 3.10. The van der Waals surface area contributed by atoms with Crippen LogP contribution in [0.3, 0.4) is 0 Å². The number of thiophene rings is 1. The van der Waals surface area contributed by atoms with E-state index < -0.39 is 0 Å². The number of aryl methyl sites for hydroxylation is 2. The van der Waals surface area contributed by atoms with Gasteiger partial charge in [-0.3, -0.25) is 9.59 Å². The van der Waals surface area contributed by atoms with Crippen LogP contribution in [0.25, 0.3) is 16.9 Å². The molecule has 0 saturated carbocycles. The Bertz CT molecular complexity index is 1030. The molecular weight excluding hydrogens is 356 g/mol. The SMILES string of the molecule is CC(=O)c1cc2c(s1)CCCc1cc(=O)n(-c3ccc(Cl)cc3)nc1-2. The highest BCUT2D eigenvalue weighted by Crippen LogP contribution is 2.36. The number of hydrogen-bond acceptors (Lipinski definition) is 4. The molecule has 1 aromatic carbocycles. The number of nitrogens with zero attached hydrogens (tertiary/aromatic N) is 2. The smallest absolute Gasteiger partial charge is 0.271 e. The molecule has 4 nitrogen and oxygen atoms in total. The summed E-state index contributed by atoms with van der Waals surface area (Å²) in [6.45, 7) is 1.58. The highest BCUT2D eigenvalue weighted by Gasteiger charge is 2.22. The standard InChI is InChI=1S/C19H15ClN2O2S/c1-11(23)17-10-15-16(25-17)4-2-3-12-9-18(24)22(21-19(12)15)14-7-5-13(20)6-8-14/h5-10H,2-4H2,1H3. The van der Waals surface area contributed by atoms with Gasteiger partial charge in [0.25, 0.3) is 5.56 Å². The van der Waals surface area contributed by atoms with Crippen molar-refractivity contribution in [2.45, 2.75) is 26.2 Å². The molecule has 0 atom stereocenters. The third-order valence-electron chi connectivity index (χ3n) is 4.34. The number of rotatable bonds is 2. The van der Waals surface area contributed by atoms with E-state index in [1.54, 1.807) is 37.3 Å². The van der Waals surface area contributed by atoms with Gasteiger partial charge in [0.05, 0.1) is 16.3 Å². The minimum Gasteiger partial charge on any atom is -0.294 e. The van der Waals surface area contributed by atoms with Crippen LogP contribution < -0.4 is 5.56 Å². The van der Waals surface area contributed by atoms with Gasteiger partial charge >= 0.3 is 0 Å². The Hall–Kier alpha value is -2.24. The first-order valence-electron chi connectivity index (χ1n) is 8.06. The molecule has 2 aromatic heterocycles. The predicted octanol–water partition coefficient (Wildman–Crippen LogP) is 4.31. The van der Waals surface area contributed by atoms with Gasteiger partial charge in [0, 0.05) is 21.5 Å². The fourth-order valence-corrected chi connectivity index (χ4v) is 4.33. The van der Waals surface area contributed by atoms with Gasteiger partial charge in [-0.1, -0.05) is 11.6 Å². The number of aromatic nitrogens is 2. The number of Topliss-reactive ketones (excluding diaryl/α,β-unsaturated/α-hetero) is 1. The molecule has 3 aromatic rings. The van der Waals surface area contributed by atoms with Crippen molar-refractivity contribution in [3.05, 3.63) is 67.1 Å². The van der Waals surface area contributed by atoms with Crippen LogP contribution in [-0.2, 0) is 12.8 Å². The average molecular weight is 371 g/mol. The molecule has 0 aliphatic heterocycles. The third kappa shape index (κ3) is 2.94. The zero-order chi connectivity index (χ0) is 17.6. The van der Waals surface area contributed by atoms with Crippen molar-refractivity contribution in [3.8, 4) is 16.9 Å². The molecule has 0 N–H and O–H groups in total. The Kier molecular flexibility index (Phi) is 4.06. The van der Waals surface area contributed by atoms with Crippen LogP contribution in [0.4, 0.5) is 0 Å². The van der Waals surface area contributed by atoms with Gasteiger partial charge in [0.15, 0.2) is 5.78 Å². The van der Waals surface area contributed by atoms with Crippen LogP contribution in [0.15, 0.2) is 41.2 Å². The molecule has 1 aliphatic rings. The molecule has 0 bridgehead atoms. The Balaban J connectivity index is 1.93. The molecule has 0 unspecified atom stereocenters. The molecule has 0 amide bonds. The lowest BCUT2D eigenvalue weighted by molar-refractivity contribution is 0.102. The van der Waals surface area contributed by atoms with Crippen molar-refractivity contribution >= 4 is 28.7 Å². The topological polar surface area (TPSA) is 52.0 Å². The molecular formula is C19H15ClN2O2S. The maximum Gasteiger partial charge on any atom is 0.271 e. The molecule has 2 heterocycles. The van der Waals surface area contributed by atoms with Gasteiger partial charge in [0.2, 0.25) is 0 Å². The van der Waals surface area contributed by atoms with Crippen LogP contribution in [0, 0.1) is 0 Å². The number of benzene rings is 1. The van der Waals surface area contributed by atoms with Crippen LogP contribution >= 0.6 is 22.9 Å². The highest BCUT2D eigenvalue weighted by molar-refractivity contribution is 7.14. The number of ketones is 1. The van der Waals surface area contributed by atoms with Crippen LogP contribution in [0.2, 0.25) is 5.02 Å². The number of carbonyl (C=O) groups is 1. The highest BCUT2D eigenvalue weighted by atomic mass is 35.5. The van der Waals surface area contributed by atoms with E-state index in [0.29, 0.717) is 10.7 Å². The Labute approximate surface area is 153 Å². The molecule has 126 valence electrons. The maximum atomic E-state index is 12.5. The number of hydrogen-bond donors (Lipinski definition) is 0. The minimum absolute atomic E-state index is 0.0608. The van der Waals surface area contributed by atoms with Crippen LogP contribution in [0.1, 0.15) is 33.5 Å². The quantitative estimate of drug-likeness (QED) is 0.632. The lowest BCUT2D eigenvalue weighted by Crippen LogP contribution is -2.22. The summed E-state index contributed by atoms with van der Waals surface area (Å²) >= 11 is 7.47. The summed E-state index contributed by atoms with van der Waals surface area (Å²) < 4.78 is 1.40. The average Bonchev–Trinajstić information content (AvgIpc) is 2.94. The van der Waals surface area contributed by atoms with E-state index in [4.69, 9.17) is 11.6 Å². The monoisotopic (exact) mass is 370 g/mol. The van der Waals surface area contributed by atoms with E-state index in [1.807, 2.05) is 6.07 Å². The summed E-state index contributed by atoms with van der Waals surface area (Å²) in [5, 5.41) is 5.25. The van der Waals surface area contributed by atoms with Crippen LogP contribution in [-0.4, -0.2) is 15.6 Å². The van der Waals surface area contributed by atoms with Gasteiger partial charge in [-0.15, -0.1) is 11.3 Å². The molecule has 4 rings (SSSR count). The summed E-state index contributed by atoms with van der Waals surface area (Å²) in [6, 6.07) is 10.6. The first kappa shape index (κ1) is 16.2. The van der Waals surface area contributed by atoms with Crippen molar-refractivity contribution in [1.82, 2.24) is 9.78 Å². The lowest BCUT2D eigenvalue weighted by atomic mass is 10.1. The fraction of sp³-hybridized carbons (Fsp3) is 0.211. The molecule has 0 saturated heterocycles. The maximum absolute atomic E-state index is 12.5. The van der Waals surface area contributed by atoms with Crippen molar-refractivity contribution in [1.29, 1.82) is 0 Å². The van der Waals surface area contributed by atoms with Gasteiger partial charge in [-0.05, 0) is 62.1 Å². The summed E-state index contributed by atoms with van der Waals surface area (Å²) in [7, 11) is 0. The van der Waals surface area contributed by atoms with E-state index in [2.05, 4.69) is 5.10 Å². The minimum atomic E-state index is -0.161. The number of carbonyl (C=O) groups excluding carboxylic acids is 1. The summed E-state index contributed by atoms with van der Waals surface area (Å²) in [6.07, 6.45) is 2.67. The van der Waals surface area contributed by atoms with Crippen molar-refractivity contribution < 1.29 is 4.79 Å². The predicted molar refractivity (Wildman–Crippen MR) is 100 cm³/mol. The van der Waals surface area contributed by atoms with Gasteiger partial charge in [-0.25, -0.2) is 0 Å². The normalized spacial score (nSPS) is 13.0. The zero-order valence-electron chi connectivity index (χ0n) is 13.6. The van der Waals surface area contributed by atoms with E-state index in [1.165, 1.54) is 16.0 Å².